The molecule has 7 nitrogen and oxygen atoms in total. The fourth-order valence-corrected chi connectivity index (χ4v) is 1.71. The molecule has 2 aromatic rings. The smallest absolute Gasteiger partial charge is 0.358 e. The lowest BCUT2D eigenvalue weighted by molar-refractivity contribution is -0.120. The zero-order chi connectivity index (χ0) is 14.9. The van der Waals surface area contributed by atoms with Crippen molar-refractivity contribution in [3.8, 4) is 11.3 Å². The predicted octanol–water partition coefficient (Wildman–Crippen LogP) is 0.829. The quantitative estimate of drug-likeness (QED) is 0.860. The molecule has 0 radical (unpaired) electrons. The molecule has 1 amide bonds. The largest absolute Gasteiger partial charge is 0.476 e. The summed E-state index contributed by atoms with van der Waals surface area (Å²) in [6.45, 7) is 1.47. The van der Waals surface area contributed by atoms with Gasteiger partial charge in [-0.2, -0.15) is 0 Å². The normalized spacial score (nSPS) is 12.1. The lowest BCUT2D eigenvalue weighted by atomic mass is 10.1. The van der Waals surface area contributed by atoms with Crippen molar-refractivity contribution >= 4 is 11.9 Å². The van der Waals surface area contributed by atoms with Crippen LogP contribution < -0.4 is 5.73 Å². The number of carbonyl (C=O) groups excluding carboxylic acids is 1. The monoisotopic (exact) mass is 278 g/mol. The van der Waals surface area contributed by atoms with Crippen molar-refractivity contribution in [2.24, 2.45) is 5.73 Å². The van der Waals surface area contributed by atoms with Gasteiger partial charge in [0, 0.05) is 5.56 Å². The van der Waals surface area contributed by atoms with Gasteiger partial charge in [-0.15, -0.1) is 5.10 Å². The highest BCUT2D eigenvalue weighted by molar-refractivity contribution is 5.93. The first-order valence-electron chi connectivity index (χ1n) is 5.65. The molecule has 1 aromatic heterocycles. The van der Waals surface area contributed by atoms with Gasteiger partial charge in [-0.1, -0.05) is 5.21 Å². The van der Waals surface area contributed by atoms with Gasteiger partial charge in [0.05, 0.1) is 0 Å². The molecule has 0 aliphatic carbocycles. The molecular formula is C12H11FN4O3. The first-order valence-corrected chi connectivity index (χ1v) is 5.65. The molecule has 1 aromatic carbocycles. The Balaban J connectivity index is 2.64. The SMILES string of the molecule is CC(C(N)=O)n1nnc(C(=O)O)c1-c1ccc(F)cc1. The third-order valence-corrected chi connectivity index (χ3v) is 2.79. The number of primary amides is 1. The Hall–Kier alpha value is -2.77. The summed E-state index contributed by atoms with van der Waals surface area (Å²) in [5.74, 6) is -2.45. The van der Waals surface area contributed by atoms with Crippen molar-refractivity contribution in [3.63, 3.8) is 0 Å². The van der Waals surface area contributed by atoms with Crippen molar-refractivity contribution < 1.29 is 19.1 Å². The maximum absolute atomic E-state index is 12.9. The van der Waals surface area contributed by atoms with Crippen LogP contribution in [0.5, 0.6) is 0 Å². The Morgan fingerprint density at radius 2 is 1.95 bits per heavy atom. The molecule has 1 heterocycles. The van der Waals surface area contributed by atoms with Crippen LogP contribution in [0.25, 0.3) is 11.3 Å². The molecule has 0 saturated carbocycles. The van der Waals surface area contributed by atoms with E-state index in [0.717, 1.165) is 4.68 Å². The number of amides is 1. The first-order chi connectivity index (χ1) is 9.41. The molecule has 20 heavy (non-hydrogen) atoms. The number of aromatic carboxylic acids is 1. The number of carboxylic acid groups (broad SMARTS) is 1. The summed E-state index contributed by atoms with van der Waals surface area (Å²) < 4.78 is 14.1. The summed E-state index contributed by atoms with van der Waals surface area (Å²) in [5, 5.41) is 16.3. The minimum Gasteiger partial charge on any atom is -0.476 e. The second-order valence-corrected chi connectivity index (χ2v) is 4.12. The van der Waals surface area contributed by atoms with E-state index in [9.17, 15) is 14.0 Å². The van der Waals surface area contributed by atoms with Gasteiger partial charge in [-0.25, -0.2) is 13.9 Å². The van der Waals surface area contributed by atoms with Gasteiger partial charge >= 0.3 is 5.97 Å². The number of rotatable bonds is 4. The standard InChI is InChI=1S/C12H11FN4O3/c1-6(11(14)18)17-10(9(12(19)20)15-16-17)7-2-4-8(13)5-3-7/h2-6H,1H3,(H2,14,18)(H,19,20). The predicted molar refractivity (Wildman–Crippen MR) is 66.3 cm³/mol. The van der Waals surface area contributed by atoms with Crippen LogP contribution in [0.2, 0.25) is 0 Å². The number of aromatic nitrogens is 3. The van der Waals surface area contributed by atoms with Gasteiger partial charge in [0.15, 0.2) is 5.69 Å². The van der Waals surface area contributed by atoms with Crippen molar-refractivity contribution in [1.82, 2.24) is 15.0 Å². The van der Waals surface area contributed by atoms with E-state index >= 15 is 0 Å². The molecule has 8 heteroatoms. The minimum absolute atomic E-state index is 0.101. The Bertz CT molecular complexity index is 666. The molecule has 0 aliphatic heterocycles. The number of hydrogen-bond acceptors (Lipinski definition) is 4. The van der Waals surface area contributed by atoms with Crippen molar-refractivity contribution in [2.45, 2.75) is 13.0 Å². The molecule has 0 spiro atoms. The Morgan fingerprint density at radius 3 is 2.45 bits per heavy atom. The van der Waals surface area contributed by atoms with Crippen LogP contribution in [-0.4, -0.2) is 32.0 Å². The fourth-order valence-electron chi connectivity index (χ4n) is 1.71. The van der Waals surface area contributed by atoms with Crippen LogP contribution in [-0.2, 0) is 4.79 Å². The fraction of sp³-hybridized carbons (Fsp3) is 0.167. The van der Waals surface area contributed by atoms with Crippen LogP contribution in [0.4, 0.5) is 4.39 Å². The van der Waals surface area contributed by atoms with Crippen LogP contribution in [0.3, 0.4) is 0 Å². The van der Waals surface area contributed by atoms with E-state index < -0.39 is 23.7 Å². The average molecular weight is 278 g/mol. The highest BCUT2D eigenvalue weighted by atomic mass is 19.1. The molecule has 3 N–H and O–H groups in total. The maximum Gasteiger partial charge on any atom is 0.358 e. The molecule has 0 fully saturated rings. The number of carbonyl (C=O) groups is 2. The molecule has 0 aliphatic rings. The summed E-state index contributed by atoms with van der Waals surface area (Å²) in [6.07, 6.45) is 0. The van der Waals surface area contributed by atoms with E-state index in [2.05, 4.69) is 10.3 Å². The first kappa shape index (κ1) is 13.7. The number of hydrogen-bond donors (Lipinski definition) is 2. The Morgan fingerprint density at radius 1 is 1.35 bits per heavy atom. The van der Waals surface area contributed by atoms with E-state index in [4.69, 9.17) is 10.8 Å². The lowest BCUT2D eigenvalue weighted by Gasteiger charge is -2.11. The van der Waals surface area contributed by atoms with Gasteiger partial charge in [-0.05, 0) is 31.2 Å². The van der Waals surface area contributed by atoms with E-state index in [-0.39, 0.29) is 11.4 Å². The zero-order valence-corrected chi connectivity index (χ0v) is 10.4. The summed E-state index contributed by atoms with van der Waals surface area (Å²) in [7, 11) is 0. The minimum atomic E-state index is -1.30. The molecule has 104 valence electrons. The molecule has 0 bridgehead atoms. The third-order valence-electron chi connectivity index (χ3n) is 2.79. The van der Waals surface area contributed by atoms with Crippen molar-refractivity contribution in [3.05, 3.63) is 35.8 Å². The topological polar surface area (TPSA) is 111 Å². The number of benzene rings is 1. The maximum atomic E-state index is 12.9. The van der Waals surface area contributed by atoms with Gasteiger partial charge in [0.2, 0.25) is 5.91 Å². The van der Waals surface area contributed by atoms with Crippen molar-refractivity contribution in [2.75, 3.05) is 0 Å². The van der Waals surface area contributed by atoms with E-state index in [1.54, 1.807) is 0 Å². The third kappa shape index (κ3) is 2.35. The van der Waals surface area contributed by atoms with Gasteiger partial charge < -0.3 is 10.8 Å². The molecule has 2 rings (SSSR count). The average Bonchev–Trinajstić information content (AvgIpc) is 2.83. The van der Waals surface area contributed by atoms with Gasteiger partial charge in [0.1, 0.15) is 17.6 Å². The van der Waals surface area contributed by atoms with Crippen LogP contribution in [0, 0.1) is 5.82 Å². The van der Waals surface area contributed by atoms with E-state index in [1.807, 2.05) is 0 Å². The highest BCUT2D eigenvalue weighted by Gasteiger charge is 2.25. The second-order valence-electron chi connectivity index (χ2n) is 4.12. The number of nitrogens with zero attached hydrogens (tertiary/aromatic N) is 3. The van der Waals surface area contributed by atoms with Gasteiger partial charge in [0.25, 0.3) is 0 Å². The van der Waals surface area contributed by atoms with Gasteiger partial charge in [-0.3, -0.25) is 4.79 Å². The van der Waals surface area contributed by atoms with E-state index in [0.29, 0.717) is 5.56 Å². The summed E-state index contributed by atoms with van der Waals surface area (Å²) in [4.78, 5) is 22.4. The van der Waals surface area contributed by atoms with Crippen LogP contribution in [0.1, 0.15) is 23.5 Å². The molecular weight excluding hydrogens is 267 g/mol. The summed E-state index contributed by atoms with van der Waals surface area (Å²) in [6, 6.07) is 4.23. The zero-order valence-electron chi connectivity index (χ0n) is 10.4. The molecule has 0 saturated heterocycles. The molecule has 1 atom stereocenters. The number of nitrogens with two attached hydrogens (primary N) is 1. The number of carboxylic acids is 1. The van der Waals surface area contributed by atoms with Crippen LogP contribution >= 0.6 is 0 Å². The Labute approximate surface area is 112 Å². The van der Waals surface area contributed by atoms with E-state index in [1.165, 1.54) is 31.2 Å². The van der Waals surface area contributed by atoms with Crippen LogP contribution in [0.15, 0.2) is 24.3 Å². The summed E-state index contributed by atoms with van der Waals surface area (Å²) >= 11 is 0. The van der Waals surface area contributed by atoms with Crippen molar-refractivity contribution in [1.29, 1.82) is 0 Å². The second kappa shape index (κ2) is 5.08. The molecule has 1 unspecified atom stereocenters. The Kier molecular flexibility index (Phi) is 3.47. The number of halogens is 1. The lowest BCUT2D eigenvalue weighted by Crippen LogP contribution is -2.25. The summed E-state index contributed by atoms with van der Waals surface area (Å²) in [5.41, 5.74) is 5.34. The highest BCUT2D eigenvalue weighted by Crippen LogP contribution is 2.25.